The van der Waals surface area contributed by atoms with Crippen LogP contribution in [0.5, 0.6) is 0 Å². The first-order valence-corrected chi connectivity index (χ1v) is 13.8. The Morgan fingerprint density at radius 1 is 0.938 bits per heavy atom. The average molecular weight is 441 g/mol. The molecule has 0 bridgehead atoms. The molecule has 0 amide bonds. The fraction of sp³-hybridized carbons (Fsp3) is 0.800. The Kier molecular flexibility index (Phi) is 6.23. The Labute approximate surface area is 195 Å². The van der Waals surface area contributed by atoms with Crippen LogP contribution in [-0.4, -0.2) is 11.2 Å². The average Bonchev–Trinajstić information content (AvgIpc) is 3.13. The van der Waals surface area contributed by atoms with Crippen molar-refractivity contribution in [2.24, 2.45) is 46.3 Å². The van der Waals surface area contributed by atoms with E-state index in [1.54, 1.807) is 12.1 Å². The van der Waals surface area contributed by atoms with E-state index in [9.17, 15) is 9.50 Å². The topological polar surface area (TPSA) is 20.2 Å². The Hall–Kier alpha value is -0.890. The summed E-state index contributed by atoms with van der Waals surface area (Å²) in [5.74, 6) is 5.01. The van der Waals surface area contributed by atoms with Gasteiger partial charge in [0.15, 0.2) is 0 Å². The van der Waals surface area contributed by atoms with Crippen molar-refractivity contribution < 1.29 is 9.50 Å². The summed E-state index contributed by atoms with van der Waals surface area (Å²) < 4.78 is 13.3. The lowest BCUT2D eigenvalue weighted by Gasteiger charge is -2.61. The third-order valence-corrected chi connectivity index (χ3v) is 11.5. The molecule has 4 saturated carbocycles. The molecule has 4 fully saturated rings. The number of fused-ring (bicyclic) bond motifs is 5. The molecule has 4 aliphatic carbocycles. The summed E-state index contributed by atoms with van der Waals surface area (Å²) >= 11 is 0. The highest BCUT2D eigenvalue weighted by Crippen LogP contribution is 2.68. The number of rotatable bonds is 5. The van der Waals surface area contributed by atoms with Crippen LogP contribution in [0.1, 0.15) is 97.0 Å². The molecule has 0 aliphatic heterocycles. The molecule has 1 N–H and O–H groups in total. The van der Waals surface area contributed by atoms with E-state index in [1.807, 2.05) is 12.1 Å². The number of halogens is 1. The van der Waals surface area contributed by atoms with Crippen LogP contribution in [0, 0.1) is 52.2 Å². The SMILES string of the molecule is CC[C@H](CCc1ccc(F)cc1)[C@H]1CCC2[C@@H]3CCC4C[C@@H](O)CC[C@]4(C)C3CCC21C. The third-order valence-electron chi connectivity index (χ3n) is 11.5. The molecule has 4 aliphatic rings. The summed E-state index contributed by atoms with van der Waals surface area (Å²) in [6.45, 7) is 7.68. The highest BCUT2D eigenvalue weighted by atomic mass is 19.1. The fourth-order valence-corrected chi connectivity index (χ4v) is 9.74. The Bertz CT molecular complexity index is 789. The van der Waals surface area contributed by atoms with Gasteiger partial charge >= 0.3 is 0 Å². The summed E-state index contributed by atoms with van der Waals surface area (Å²) in [6.07, 6.45) is 15.4. The van der Waals surface area contributed by atoms with E-state index in [4.69, 9.17) is 0 Å². The standard InChI is InChI=1S/C30H45FO/c1-4-21(8-5-20-6-10-23(31)11-7-20)26-13-14-27-25-12-9-22-19-24(32)15-17-29(22,2)28(25)16-18-30(26,27)3/h6-7,10-11,21-22,24-28,32H,4-5,8-9,12-19H2,1-3H3/t21-,22?,24+,25+,26-,27?,28?,29+,30?/m1/s1. The highest BCUT2D eigenvalue weighted by Gasteiger charge is 2.60. The maximum atomic E-state index is 13.3. The van der Waals surface area contributed by atoms with Gasteiger partial charge in [-0.05, 0) is 135 Å². The summed E-state index contributed by atoms with van der Waals surface area (Å²) in [5.41, 5.74) is 2.29. The van der Waals surface area contributed by atoms with Gasteiger partial charge in [-0.25, -0.2) is 4.39 Å². The second-order valence-corrected chi connectivity index (χ2v) is 12.6. The Morgan fingerprint density at radius 2 is 1.66 bits per heavy atom. The van der Waals surface area contributed by atoms with Gasteiger partial charge in [0.2, 0.25) is 0 Å². The van der Waals surface area contributed by atoms with Gasteiger partial charge in [0.25, 0.3) is 0 Å². The molecule has 1 aromatic carbocycles. The van der Waals surface area contributed by atoms with Gasteiger partial charge in [0.1, 0.15) is 5.82 Å². The minimum absolute atomic E-state index is 0.0410. The first-order valence-electron chi connectivity index (χ1n) is 13.8. The Balaban J connectivity index is 1.30. The molecular weight excluding hydrogens is 395 g/mol. The second kappa shape index (κ2) is 8.71. The van der Waals surface area contributed by atoms with E-state index in [0.29, 0.717) is 10.8 Å². The first-order chi connectivity index (χ1) is 15.3. The van der Waals surface area contributed by atoms with E-state index in [2.05, 4.69) is 20.8 Å². The molecule has 178 valence electrons. The number of aryl methyl sites for hydroxylation is 1. The van der Waals surface area contributed by atoms with Crippen molar-refractivity contribution in [3.05, 3.63) is 35.6 Å². The van der Waals surface area contributed by atoms with E-state index >= 15 is 0 Å². The molecule has 1 aromatic rings. The fourth-order valence-electron chi connectivity index (χ4n) is 9.74. The quantitative estimate of drug-likeness (QED) is 0.495. The van der Waals surface area contributed by atoms with Gasteiger partial charge < -0.3 is 5.11 Å². The summed E-state index contributed by atoms with van der Waals surface area (Å²) in [4.78, 5) is 0. The van der Waals surface area contributed by atoms with E-state index < -0.39 is 0 Å². The van der Waals surface area contributed by atoms with Crippen molar-refractivity contribution in [1.29, 1.82) is 0 Å². The molecule has 5 rings (SSSR count). The van der Waals surface area contributed by atoms with E-state index in [1.165, 1.54) is 63.4 Å². The monoisotopic (exact) mass is 440 g/mol. The normalized spacial score (nSPS) is 44.4. The van der Waals surface area contributed by atoms with Crippen molar-refractivity contribution in [3.8, 4) is 0 Å². The molecule has 0 radical (unpaired) electrons. The van der Waals surface area contributed by atoms with Crippen LogP contribution in [0.4, 0.5) is 4.39 Å². The molecule has 4 unspecified atom stereocenters. The van der Waals surface area contributed by atoms with Gasteiger partial charge in [-0.3, -0.25) is 0 Å². The number of hydrogen-bond acceptors (Lipinski definition) is 1. The van der Waals surface area contributed by atoms with Gasteiger partial charge in [0.05, 0.1) is 6.10 Å². The van der Waals surface area contributed by atoms with Gasteiger partial charge in [-0.15, -0.1) is 0 Å². The molecule has 0 aromatic heterocycles. The largest absolute Gasteiger partial charge is 0.393 e. The second-order valence-electron chi connectivity index (χ2n) is 12.6. The summed E-state index contributed by atoms with van der Waals surface area (Å²) in [5, 5.41) is 10.3. The van der Waals surface area contributed by atoms with Crippen molar-refractivity contribution in [3.63, 3.8) is 0 Å². The van der Waals surface area contributed by atoms with Crippen LogP contribution in [0.25, 0.3) is 0 Å². The zero-order valence-corrected chi connectivity index (χ0v) is 20.7. The lowest BCUT2D eigenvalue weighted by Crippen LogP contribution is -2.54. The van der Waals surface area contributed by atoms with Crippen LogP contribution in [0.15, 0.2) is 24.3 Å². The van der Waals surface area contributed by atoms with Crippen molar-refractivity contribution in [2.45, 2.75) is 104 Å². The zero-order chi connectivity index (χ0) is 22.5. The predicted octanol–water partition coefficient (Wildman–Crippen LogP) is 7.80. The first kappa shape index (κ1) is 22.9. The number of aliphatic hydroxyl groups excluding tert-OH is 1. The molecular formula is C30H45FO. The molecule has 0 spiro atoms. The lowest BCUT2D eigenvalue weighted by atomic mass is 9.44. The van der Waals surface area contributed by atoms with Gasteiger partial charge in [-0.2, -0.15) is 0 Å². The number of benzene rings is 1. The molecule has 0 heterocycles. The smallest absolute Gasteiger partial charge is 0.123 e. The molecule has 0 saturated heterocycles. The van der Waals surface area contributed by atoms with Crippen molar-refractivity contribution in [2.75, 3.05) is 0 Å². The minimum atomic E-state index is -0.125. The number of hydrogen-bond donors (Lipinski definition) is 1. The van der Waals surface area contributed by atoms with Crippen molar-refractivity contribution in [1.82, 2.24) is 0 Å². The maximum absolute atomic E-state index is 13.3. The third kappa shape index (κ3) is 3.77. The van der Waals surface area contributed by atoms with Crippen LogP contribution in [0.2, 0.25) is 0 Å². The van der Waals surface area contributed by atoms with Crippen molar-refractivity contribution >= 4 is 0 Å². The van der Waals surface area contributed by atoms with Crippen LogP contribution < -0.4 is 0 Å². The van der Waals surface area contributed by atoms with Gasteiger partial charge in [0, 0.05) is 0 Å². The van der Waals surface area contributed by atoms with E-state index in [-0.39, 0.29) is 11.9 Å². The predicted molar refractivity (Wildman–Crippen MR) is 130 cm³/mol. The van der Waals surface area contributed by atoms with E-state index in [0.717, 1.165) is 54.8 Å². The molecule has 1 nitrogen and oxygen atoms in total. The van der Waals surface area contributed by atoms with Crippen LogP contribution >= 0.6 is 0 Å². The molecule has 9 atom stereocenters. The molecule has 2 heteroatoms. The Morgan fingerprint density at radius 3 is 2.41 bits per heavy atom. The number of aliphatic hydroxyl groups is 1. The highest BCUT2D eigenvalue weighted by molar-refractivity contribution is 5.16. The van der Waals surface area contributed by atoms with Gasteiger partial charge in [-0.1, -0.05) is 39.3 Å². The van der Waals surface area contributed by atoms with Crippen LogP contribution in [-0.2, 0) is 6.42 Å². The summed E-state index contributed by atoms with van der Waals surface area (Å²) in [7, 11) is 0. The van der Waals surface area contributed by atoms with Crippen LogP contribution in [0.3, 0.4) is 0 Å². The lowest BCUT2D eigenvalue weighted by molar-refractivity contribution is -0.129. The summed E-state index contributed by atoms with van der Waals surface area (Å²) in [6, 6.07) is 7.19. The minimum Gasteiger partial charge on any atom is -0.393 e. The zero-order valence-electron chi connectivity index (χ0n) is 20.7. The molecule has 32 heavy (non-hydrogen) atoms. The maximum Gasteiger partial charge on any atom is 0.123 e.